The smallest absolute Gasteiger partial charge is 0.257 e. The van der Waals surface area contributed by atoms with Crippen molar-refractivity contribution in [1.29, 1.82) is 0 Å². The van der Waals surface area contributed by atoms with Gasteiger partial charge in [-0.05, 0) is 43.7 Å². The van der Waals surface area contributed by atoms with Gasteiger partial charge < -0.3 is 4.90 Å². The summed E-state index contributed by atoms with van der Waals surface area (Å²) in [7, 11) is 0. The van der Waals surface area contributed by atoms with Crippen LogP contribution in [0.2, 0.25) is 5.02 Å². The van der Waals surface area contributed by atoms with E-state index >= 15 is 0 Å². The Kier molecular flexibility index (Phi) is 5.19. The Labute approximate surface area is 154 Å². The zero-order chi connectivity index (χ0) is 18.1. The molecule has 0 radical (unpaired) electrons. The van der Waals surface area contributed by atoms with E-state index in [0.717, 1.165) is 40.6 Å². The van der Waals surface area contributed by atoms with E-state index in [9.17, 15) is 4.79 Å². The van der Waals surface area contributed by atoms with Gasteiger partial charge >= 0.3 is 0 Å². The molecule has 0 N–H and O–H groups in total. The summed E-state index contributed by atoms with van der Waals surface area (Å²) in [5.74, 6) is 1.21. The quantitative estimate of drug-likeness (QED) is 0.818. The highest BCUT2D eigenvalue weighted by Gasteiger charge is 2.29. The number of halogens is 1. The lowest BCUT2D eigenvalue weighted by Crippen LogP contribution is -2.42. The average molecular weight is 360 g/mol. The van der Waals surface area contributed by atoms with Crippen molar-refractivity contribution < 1.29 is 4.79 Å². The van der Waals surface area contributed by atoms with E-state index in [1.54, 1.807) is 0 Å². The van der Waals surface area contributed by atoms with Gasteiger partial charge in [0.25, 0.3) is 5.91 Å². The van der Waals surface area contributed by atoms with Gasteiger partial charge in [-0.25, -0.2) is 0 Å². The number of benzene rings is 1. The maximum atomic E-state index is 13.1. The number of aryl methyl sites for hydroxylation is 1. The maximum Gasteiger partial charge on any atom is 0.257 e. The van der Waals surface area contributed by atoms with Crippen molar-refractivity contribution in [1.82, 2.24) is 14.7 Å². The molecular weight excluding hydrogens is 334 g/mol. The van der Waals surface area contributed by atoms with Crippen molar-refractivity contribution >= 4 is 17.5 Å². The van der Waals surface area contributed by atoms with Crippen molar-refractivity contribution in [3.05, 3.63) is 51.8 Å². The third-order valence-corrected chi connectivity index (χ3v) is 5.40. The molecular formula is C20H26ClN3O. The van der Waals surface area contributed by atoms with E-state index in [1.807, 2.05) is 47.7 Å². The summed E-state index contributed by atoms with van der Waals surface area (Å²) in [4.78, 5) is 15.1. The van der Waals surface area contributed by atoms with Gasteiger partial charge in [-0.3, -0.25) is 9.48 Å². The Bertz CT molecular complexity index is 773. The average Bonchev–Trinajstić information content (AvgIpc) is 2.82. The van der Waals surface area contributed by atoms with Crippen LogP contribution in [0.3, 0.4) is 0 Å². The first kappa shape index (κ1) is 18.0. The standard InChI is InChI=1S/C20H26ClN3O/c1-13-9-14(2)11-23(10-13)20(25)19-15(3)22-24(16(19)4)12-17-7-5-6-8-18(17)21/h5-8,13-14H,9-12H2,1-4H3/t13-,14+. The van der Waals surface area contributed by atoms with Gasteiger partial charge in [0.1, 0.15) is 0 Å². The van der Waals surface area contributed by atoms with Crippen molar-refractivity contribution in [3.63, 3.8) is 0 Å². The molecule has 1 fully saturated rings. The lowest BCUT2D eigenvalue weighted by atomic mass is 9.91. The molecule has 1 aromatic carbocycles. The predicted molar refractivity (Wildman–Crippen MR) is 101 cm³/mol. The summed E-state index contributed by atoms with van der Waals surface area (Å²) in [5, 5.41) is 5.33. The Hall–Kier alpha value is -1.81. The number of carbonyl (C=O) groups excluding carboxylic acids is 1. The Balaban J connectivity index is 1.87. The van der Waals surface area contributed by atoms with Crippen LogP contribution in [0, 0.1) is 25.7 Å². The number of hydrogen-bond acceptors (Lipinski definition) is 2. The molecule has 25 heavy (non-hydrogen) atoms. The van der Waals surface area contributed by atoms with E-state index in [4.69, 9.17) is 11.6 Å². The van der Waals surface area contributed by atoms with Crippen molar-refractivity contribution in [3.8, 4) is 0 Å². The van der Waals surface area contributed by atoms with Crippen LogP contribution >= 0.6 is 11.6 Å². The monoisotopic (exact) mass is 359 g/mol. The third-order valence-electron chi connectivity index (χ3n) is 5.03. The molecule has 1 amide bonds. The molecule has 134 valence electrons. The van der Waals surface area contributed by atoms with Gasteiger partial charge in [-0.2, -0.15) is 5.10 Å². The number of hydrogen-bond donors (Lipinski definition) is 0. The first-order valence-electron chi connectivity index (χ1n) is 8.93. The second-order valence-corrected chi connectivity index (χ2v) is 7.86. The summed E-state index contributed by atoms with van der Waals surface area (Å²) in [6, 6.07) is 7.76. The third kappa shape index (κ3) is 3.74. The van der Waals surface area contributed by atoms with Crippen LogP contribution in [-0.4, -0.2) is 33.7 Å². The van der Waals surface area contributed by atoms with Gasteiger partial charge in [0, 0.05) is 23.8 Å². The number of likely N-dealkylation sites (tertiary alicyclic amines) is 1. The first-order chi connectivity index (χ1) is 11.9. The molecule has 0 spiro atoms. The molecule has 2 aromatic rings. The fourth-order valence-corrected chi connectivity index (χ4v) is 4.13. The zero-order valence-electron chi connectivity index (χ0n) is 15.4. The summed E-state index contributed by atoms with van der Waals surface area (Å²) in [6.45, 7) is 10.6. The number of piperidine rings is 1. The number of nitrogens with zero attached hydrogens (tertiary/aromatic N) is 3. The van der Waals surface area contributed by atoms with Crippen LogP contribution in [0.15, 0.2) is 24.3 Å². The molecule has 2 heterocycles. The predicted octanol–water partition coefficient (Wildman–Crippen LogP) is 4.32. The molecule has 0 bridgehead atoms. The molecule has 1 aromatic heterocycles. The molecule has 1 aliphatic heterocycles. The minimum Gasteiger partial charge on any atom is -0.338 e. The Morgan fingerprint density at radius 2 is 1.84 bits per heavy atom. The fraction of sp³-hybridized carbons (Fsp3) is 0.500. The van der Waals surface area contributed by atoms with Crippen molar-refractivity contribution in [2.24, 2.45) is 11.8 Å². The summed E-state index contributed by atoms with van der Waals surface area (Å²) >= 11 is 6.27. The molecule has 3 rings (SSSR count). The van der Waals surface area contributed by atoms with Gasteiger partial charge in [0.05, 0.1) is 17.8 Å². The topological polar surface area (TPSA) is 38.1 Å². The highest BCUT2D eigenvalue weighted by molar-refractivity contribution is 6.31. The van der Waals surface area contributed by atoms with Crippen LogP contribution in [0.1, 0.15) is 47.6 Å². The fourth-order valence-electron chi connectivity index (χ4n) is 3.94. The minimum atomic E-state index is 0.110. The molecule has 0 saturated carbocycles. The lowest BCUT2D eigenvalue weighted by Gasteiger charge is -2.35. The van der Waals surface area contributed by atoms with Crippen LogP contribution in [0.25, 0.3) is 0 Å². The van der Waals surface area contributed by atoms with Crippen molar-refractivity contribution in [2.45, 2.75) is 40.7 Å². The highest BCUT2D eigenvalue weighted by atomic mass is 35.5. The number of amides is 1. The zero-order valence-corrected chi connectivity index (χ0v) is 16.2. The normalized spacial score (nSPS) is 20.8. The van der Waals surface area contributed by atoms with Crippen LogP contribution in [0.4, 0.5) is 0 Å². The largest absolute Gasteiger partial charge is 0.338 e. The molecule has 0 unspecified atom stereocenters. The molecule has 2 atom stereocenters. The number of aromatic nitrogens is 2. The van der Waals surface area contributed by atoms with Crippen LogP contribution < -0.4 is 0 Å². The highest BCUT2D eigenvalue weighted by Crippen LogP contribution is 2.25. The molecule has 1 aliphatic rings. The van der Waals surface area contributed by atoms with Gasteiger partial charge in [-0.1, -0.05) is 43.6 Å². The van der Waals surface area contributed by atoms with E-state index in [2.05, 4.69) is 18.9 Å². The number of rotatable bonds is 3. The molecule has 0 aliphatic carbocycles. The van der Waals surface area contributed by atoms with E-state index in [0.29, 0.717) is 18.4 Å². The van der Waals surface area contributed by atoms with Crippen LogP contribution in [0.5, 0.6) is 0 Å². The molecule has 4 nitrogen and oxygen atoms in total. The summed E-state index contributed by atoms with van der Waals surface area (Å²) in [6.07, 6.45) is 1.19. The van der Waals surface area contributed by atoms with Gasteiger partial charge in [0.15, 0.2) is 0 Å². The van der Waals surface area contributed by atoms with Crippen molar-refractivity contribution in [2.75, 3.05) is 13.1 Å². The van der Waals surface area contributed by atoms with E-state index < -0.39 is 0 Å². The second-order valence-electron chi connectivity index (χ2n) is 7.45. The Morgan fingerprint density at radius 3 is 2.48 bits per heavy atom. The maximum absolute atomic E-state index is 13.1. The minimum absolute atomic E-state index is 0.110. The van der Waals surface area contributed by atoms with E-state index in [-0.39, 0.29) is 5.91 Å². The molecule has 5 heteroatoms. The lowest BCUT2D eigenvalue weighted by molar-refractivity contribution is 0.0621. The first-order valence-corrected chi connectivity index (χ1v) is 9.31. The Morgan fingerprint density at radius 1 is 1.20 bits per heavy atom. The SMILES string of the molecule is Cc1nn(Cc2ccccc2Cl)c(C)c1C(=O)N1C[C@H](C)C[C@H](C)C1. The summed E-state index contributed by atoms with van der Waals surface area (Å²) in [5.41, 5.74) is 3.45. The van der Waals surface area contributed by atoms with Crippen LogP contribution in [-0.2, 0) is 6.54 Å². The number of carbonyl (C=O) groups is 1. The second kappa shape index (κ2) is 7.20. The van der Waals surface area contributed by atoms with E-state index in [1.165, 1.54) is 6.42 Å². The summed E-state index contributed by atoms with van der Waals surface area (Å²) < 4.78 is 1.89. The molecule has 1 saturated heterocycles. The van der Waals surface area contributed by atoms with Gasteiger partial charge in [-0.15, -0.1) is 0 Å². The van der Waals surface area contributed by atoms with Gasteiger partial charge in [0.2, 0.25) is 0 Å².